The lowest BCUT2D eigenvalue weighted by atomic mass is 10.2. The molecular weight excluding hydrogens is 263 g/mol. The number of pyridine rings is 1. The van der Waals surface area contributed by atoms with Crippen molar-refractivity contribution in [2.75, 3.05) is 0 Å². The number of nitrogens with one attached hydrogen (secondary N) is 1. The number of nitrogens with zero attached hydrogens (tertiary/aromatic N) is 1. The van der Waals surface area contributed by atoms with Crippen molar-refractivity contribution >= 4 is 17.2 Å². The number of aromatic nitrogens is 1. The lowest BCUT2D eigenvalue weighted by molar-refractivity contribution is 0.0936. The zero-order chi connectivity index (χ0) is 13.8. The van der Waals surface area contributed by atoms with Crippen molar-refractivity contribution in [2.45, 2.75) is 26.3 Å². The smallest absolute Gasteiger partial charge is 0.254 e. The molecule has 2 rings (SSSR count). The Morgan fingerprint density at radius 1 is 1.47 bits per heavy atom. The highest BCUT2D eigenvalue weighted by atomic mass is 32.1. The largest absolute Gasteiger partial charge is 0.349 e. The van der Waals surface area contributed by atoms with E-state index in [1.807, 2.05) is 13.8 Å². The summed E-state index contributed by atoms with van der Waals surface area (Å²) >= 11 is 1.71. The summed E-state index contributed by atoms with van der Waals surface area (Å²) in [5.41, 5.74) is 0.0317. The van der Waals surface area contributed by atoms with Crippen LogP contribution in [0, 0.1) is 12.7 Å². The number of rotatable bonds is 4. The molecule has 2 aromatic rings. The molecule has 2 heterocycles. The molecule has 5 heteroatoms. The van der Waals surface area contributed by atoms with Crippen LogP contribution in [0.5, 0.6) is 0 Å². The average Bonchev–Trinajstić information content (AvgIpc) is 2.74. The summed E-state index contributed by atoms with van der Waals surface area (Å²) in [6.45, 7) is 3.95. The maximum atomic E-state index is 13.4. The summed E-state index contributed by atoms with van der Waals surface area (Å²) < 4.78 is 13.4. The maximum absolute atomic E-state index is 13.4. The summed E-state index contributed by atoms with van der Waals surface area (Å²) in [5, 5.41) is 2.79. The number of amides is 1. The van der Waals surface area contributed by atoms with Crippen LogP contribution < -0.4 is 5.32 Å². The van der Waals surface area contributed by atoms with Gasteiger partial charge in [0.05, 0.1) is 11.8 Å². The molecule has 1 amide bonds. The lowest BCUT2D eigenvalue weighted by Crippen LogP contribution is -2.34. The van der Waals surface area contributed by atoms with Gasteiger partial charge in [-0.3, -0.25) is 9.78 Å². The minimum Gasteiger partial charge on any atom is -0.349 e. The van der Waals surface area contributed by atoms with E-state index in [-0.39, 0.29) is 11.6 Å². The zero-order valence-electron chi connectivity index (χ0n) is 10.8. The molecule has 2 aromatic heterocycles. The molecule has 100 valence electrons. The molecule has 0 saturated heterocycles. The fourth-order valence-corrected chi connectivity index (χ4v) is 2.83. The number of hydrogen-bond donors (Lipinski definition) is 1. The number of hydrogen-bond acceptors (Lipinski definition) is 3. The van der Waals surface area contributed by atoms with Gasteiger partial charge in [0.15, 0.2) is 5.82 Å². The Hall–Kier alpha value is -1.75. The molecule has 0 aliphatic heterocycles. The van der Waals surface area contributed by atoms with Crippen molar-refractivity contribution in [3.63, 3.8) is 0 Å². The molecule has 0 bridgehead atoms. The highest BCUT2D eigenvalue weighted by Gasteiger charge is 2.14. The van der Waals surface area contributed by atoms with Gasteiger partial charge in [0.25, 0.3) is 5.91 Å². The van der Waals surface area contributed by atoms with Gasteiger partial charge in [-0.25, -0.2) is 4.39 Å². The fraction of sp³-hybridized carbons (Fsp3) is 0.286. The Morgan fingerprint density at radius 3 is 2.89 bits per heavy atom. The molecule has 0 aromatic carbocycles. The van der Waals surface area contributed by atoms with Gasteiger partial charge >= 0.3 is 0 Å². The van der Waals surface area contributed by atoms with E-state index in [1.54, 1.807) is 11.3 Å². The van der Waals surface area contributed by atoms with Crippen molar-refractivity contribution in [1.29, 1.82) is 0 Å². The topological polar surface area (TPSA) is 42.0 Å². The van der Waals surface area contributed by atoms with Gasteiger partial charge in [-0.1, -0.05) is 0 Å². The molecule has 0 aliphatic rings. The monoisotopic (exact) mass is 278 g/mol. The second-order valence-electron chi connectivity index (χ2n) is 4.45. The summed E-state index contributed by atoms with van der Waals surface area (Å²) in [6.07, 6.45) is 3.20. The van der Waals surface area contributed by atoms with Gasteiger partial charge in [0.1, 0.15) is 0 Å². The van der Waals surface area contributed by atoms with E-state index >= 15 is 0 Å². The number of aryl methyl sites for hydroxylation is 1. The van der Waals surface area contributed by atoms with E-state index in [2.05, 4.69) is 22.4 Å². The SMILES string of the molecule is Cc1ccc(CC(C)NC(=O)c2ccncc2F)s1. The van der Waals surface area contributed by atoms with Crippen LogP contribution in [-0.4, -0.2) is 16.9 Å². The van der Waals surface area contributed by atoms with Crippen LogP contribution in [0.25, 0.3) is 0 Å². The van der Waals surface area contributed by atoms with Crippen LogP contribution in [-0.2, 0) is 6.42 Å². The standard InChI is InChI=1S/C14H15FN2OS/c1-9(7-11-4-3-10(2)19-11)17-14(18)12-5-6-16-8-13(12)15/h3-6,8-9H,7H2,1-2H3,(H,17,18). The van der Waals surface area contributed by atoms with Crippen molar-refractivity contribution in [2.24, 2.45) is 0 Å². The normalized spacial score (nSPS) is 12.2. The average molecular weight is 278 g/mol. The molecule has 19 heavy (non-hydrogen) atoms. The van der Waals surface area contributed by atoms with Crippen LogP contribution in [0.15, 0.2) is 30.6 Å². The molecule has 1 N–H and O–H groups in total. The molecule has 0 radical (unpaired) electrons. The van der Waals surface area contributed by atoms with Crippen molar-refractivity contribution < 1.29 is 9.18 Å². The summed E-state index contributed by atoms with van der Waals surface area (Å²) in [5.74, 6) is -1.00. The van der Waals surface area contributed by atoms with Crippen LogP contribution in [0.3, 0.4) is 0 Å². The second kappa shape index (κ2) is 5.93. The number of halogens is 1. The number of carbonyl (C=O) groups is 1. The Kier molecular flexibility index (Phi) is 4.27. The fourth-order valence-electron chi connectivity index (χ4n) is 1.81. The molecule has 0 saturated carbocycles. The second-order valence-corrected chi connectivity index (χ2v) is 5.82. The summed E-state index contributed by atoms with van der Waals surface area (Å²) in [6, 6.07) is 5.44. The van der Waals surface area contributed by atoms with Crippen molar-refractivity contribution in [1.82, 2.24) is 10.3 Å². The minimum atomic E-state index is -0.598. The van der Waals surface area contributed by atoms with Gasteiger partial charge in [-0.05, 0) is 32.0 Å². The van der Waals surface area contributed by atoms with Crippen molar-refractivity contribution in [3.05, 3.63) is 51.7 Å². The van der Waals surface area contributed by atoms with Gasteiger partial charge in [-0.2, -0.15) is 0 Å². The third kappa shape index (κ3) is 3.61. The third-order valence-electron chi connectivity index (χ3n) is 2.70. The zero-order valence-corrected chi connectivity index (χ0v) is 11.6. The Balaban J connectivity index is 1.97. The van der Waals surface area contributed by atoms with E-state index in [9.17, 15) is 9.18 Å². The molecule has 0 fully saturated rings. The molecule has 1 atom stereocenters. The maximum Gasteiger partial charge on any atom is 0.254 e. The predicted molar refractivity (Wildman–Crippen MR) is 73.9 cm³/mol. The third-order valence-corrected chi connectivity index (χ3v) is 3.72. The summed E-state index contributed by atoms with van der Waals surface area (Å²) in [4.78, 5) is 18.0. The van der Waals surface area contributed by atoms with E-state index in [1.165, 1.54) is 22.0 Å². The highest BCUT2D eigenvalue weighted by Crippen LogP contribution is 2.17. The highest BCUT2D eigenvalue weighted by molar-refractivity contribution is 7.11. The first-order valence-corrected chi connectivity index (χ1v) is 6.83. The first kappa shape index (κ1) is 13.7. The van der Waals surface area contributed by atoms with Crippen molar-refractivity contribution in [3.8, 4) is 0 Å². The van der Waals surface area contributed by atoms with Crippen LogP contribution in [0.2, 0.25) is 0 Å². The molecule has 1 unspecified atom stereocenters. The van der Waals surface area contributed by atoms with E-state index in [0.29, 0.717) is 0 Å². The molecule has 0 aliphatic carbocycles. The van der Waals surface area contributed by atoms with E-state index in [4.69, 9.17) is 0 Å². The Morgan fingerprint density at radius 2 is 2.26 bits per heavy atom. The van der Waals surface area contributed by atoms with Gasteiger partial charge in [-0.15, -0.1) is 11.3 Å². The number of thiophene rings is 1. The molecular formula is C14H15FN2OS. The first-order valence-electron chi connectivity index (χ1n) is 6.02. The summed E-state index contributed by atoms with van der Waals surface area (Å²) in [7, 11) is 0. The van der Waals surface area contributed by atoms with Crippen LogP contribution in [0.4, 0.5) is 4.39 Å². The lowest BCUT2D eigenvalue weighted by Gasteiger charge is -2.13. The van der Waals surface area contributed by atoms with Gasteiger partial charge in [0, 0.05) is 28.4 Å². The first-order chi connectivity index (χ1) is 9.06. The number of carbonyl (C=O) groups excluding carboxylic acids is 1. The van der Waals surface area contributed by atoms with Crippen LogP contribution >= 0.6 is 11.3 Å². The molecule has 3 nitrogen and oxygen atoms in total. The van der Waals surface area contributed by atoms with E-state index in [0.717, 1.165) is 12.6 Å². The van der Waals surface area contributed by atoms with E-state index < -0.39 is 11.7 Å². The van der Waals surface area contributed by atoms with Gasteiger partial charge in [0.2, 0.25) is 0 Å². The Labute approximate surface area is 115 Å². The van der Waals surface area contributed by atoms with Gasteiger partial charge < -0.3 is 5.32 Å². The minimum absolute atomic E-state index is 0.0317. The predicted octanol–water partition coefficient (Wildman–Crippen LogP) is 2.95. The quantitative estimate of drug-likeness (QED) is 0.934. The molecule has 0 spiro atoms. The Bertz CT molecular complexity index is 582. The van der Waals surface area contributed by atoms with Crippen LogP contribution in [0.1, 0.15) is 27.0 Å².